The molecule has 0 amide bonds. The summed E-state index contributed by atoms with van der Waals surface area (Å²) in [7, 11) is 0. The maximum atomic E-state index is 2.44. The van der Waals surface area contributed by atoms with Crippen molar-refractivity contribution in [2.75, 3.05) is 19.6 Å². The lowest BCUT2D eigenvalue weighted by Crippen LogP contribution is -2.19. The third-order valence-electron chi connectivity index (χ3n) is 17.4. The van der Waals surface area contributed by atoms with Crippen LogP contribution in [0.15, 0.2) is 328 Å². The number of hydrogen-bond acceptors (Lipinski definition) is 4. The molecule has 2 heterocycles. The van der Waals surface area contributed by atoms with Crippen LogP contribution in [0.2, 0.25) is 0 Å². The minimum atomic E-state index is 0.832. The summed E-state index contributed by atoms with van der Waals surface area (Å²) in [6, 6.07) is 120. The normalized spacial score (nSPS) is 12.3. The second-order valence-corrected chi connectivity index (χ2v) is 22.5. The number of nitrogens with zero attached hydrogens (tertiary/aromatic N) is 4. The van der Waals surface area contributed by atoms with Gasteiger partial charge in [0.25, 0.3) is 0 Å². The van der Waals surface area contributed by atoms with E-state index in [-0.39, 0.29) is 0 Å². The zero-order chi connectivity index (χ0) is 56.9. The standard InChI is InChI=1S/C82H58N4/c1-3-16-57(17-4-1)60-34-43-72(44-35-60)85-78-27-13-10-23-66(78)52-68-55-75(48-50-80(68)85)83(74-47-38-59-20-7-8-22-65(59)54-74)70-39-30-62(31-40-70)63-32-41-71(42-33-63)84(82-29-15-25-64-21-9-12-26-77(64)82)76-49-51-81-69(56-76)53-67-24-11-14-28-79(67)86(81)73-45-36-61(37-46-73)58-18-5-2-6-19-58/h1-51,54-56H,52-53H2. The Kier molecular flexibility index (Phi) is 12.6. The van der Waals surface area contributed by atoms with Gasteiger partial charge in [0.2, 0.25) is 0 Å². The molecule has 0 aromatic heterocycles. The van der Waals surface area contributed by atoms with Gasteiger partial charge in [-0.3, -0.25) is 0 Å². The first-order valence-corrected chi connectivity index (χ1v) is 29.7. The predicted molar refractivity (Wildman–Crippen MR) is 362 cm³/mol. The fourth-order valence-electron chi connectivity index (χ4n) is 13.2. The maximum Gasteiger partial charge on any atom is 0.0540 e. The van der Waals surface area contributed by atoms with E-state index in [2.05, 4.69) is 347 Å². The van der Waals surface area contributed by atoms with Gasteiger partial charge in [-0.2, -0.15) is 0 Å². The van der Waals surface area contributed by atoms with E-state index >= 15 is 0 Å². The first-order valence-electron chi connectivity index (χ1n) is 29.7. The Morgan fingerprint density at radius 2 is 0.593 bits per heavy atom. The number of para-hydroxylation sites is 2. The summed E-state index contributed by atoms with van der Waals surface area (Å²) < 4.78 is 0. The van der Waals surface area contributed by atoms with Crippen LogP contribution in [-0.4, -0.2) is 0 Å². The summed E-state index contributed by atoms with van der Waals surface area (Å²) >= 11 is 0. The fourth-order valence-corrected chi connectivity index (χ4v) is 13.2. The highest BCUT2D eigenvalue weighted by atomic mass is 15.2. The average molecular weight is 1100 g/mol. The Balaban J connectivity index is 0.745. The van der Waals surface area contributed by atoms with E-state index in [9.17, 15) is 0 Å². The molecule has 4 heteroatoms. The molecular formula is C82H58N4. The van der Waals surface area contributed by atoms with Crippen molar-refractivity contribution in [2.24, 2.45) is 0 Å². The highest BCUT2D eigenvalue weighted by Crippen LogP contribution is 2.50. The van der Waals surface area contributed by atoms with E-state index in [0.29, 0.717) is 0 Å². The molecule has 406 valence electrons. The van der Waals surface area contributed by atoms with Gasteiger partial charge < -0.3 is 19.6 Å². The van der Waals surface area contributed by atoms with Crippen molar-refractivity contribution < 1.29 is 0 Å². The van der Waals surface area contributed by atoms with Crippen LogP contribution in [0.25, 0.3) is 54.9 Å². The van der Waals surface area contributed by atoms with Gasteiger partial charge in [0.1, 0.15) is 0 Å². The van der Waals surface area contributed by atoms with Gasteiger partial charge in [0.15, 0.2) is 0 Å². The largest absolute Gasteiger partial charge is 0.310 e. The van der Waals surface area contributed by atoms with Crippen LogP contribution < -0.4 is 19.6 Å². The van der Waals surface area contributed by atoms with Gasteiger partial charge in [0.05, 0.1) is 5.69 Å². The zero-order valence-corrected chi connectivity index (χ0v) is 47.4. The number of benzene rings is 14. The third kappa shape index (κ3) is 9.22. The molecule has 0 atom stereocenters. The Bertz CT molecular complexity index is 4800. The highest BCUT2D eigenvalue weighted by Gasteiger charge is 2.28. The summed E-state index contributed by atoms with van der Waals surface area (Å²) in [5, 5.41) is 4.82. The van der Waals surface area contributed by atoms with Crippen LogP contribution in [0.4, 0.5) is 68.2 Å². The van der Waals surface area contributed by atoms with Crippen LogP contribution in [0.5, 0.6) is 0 Å². The minimum absolute atomic E-state index is 0.832. The predicted octanol–water partition coefficient (Wildman–Crippen LogP) is 22.7. The molecule has 0 saturated heterocycles. The summed E-state index contributed by atoms with van der Waals surface area (Å²) in [5.41, 5.74) is 26.0. The van der Waals surface area contributed by atoms with Gasteiger partial charge in [-0.25, -0.2) is 0 Å². The molecule has 4 nitrogen and oxygen atoms in total. The summed E-state index contributed by atoms with van der Waals surface area (Å²) in [6.07, 6.45) is 1.67. The summed E-state index contributed by atoms with van der Waals surface area (Å²) in [5.74, 6) is 0. The molecule has 0 N–H and O–H groups in total. The van der Waals surface area contributed by atoms with Gasteiger partial charge >= 0.3 is 0 Å². The molecule has 0 fully saturated rings. The van der Waals surface area contributed by atoms with Crippen LogP contribution in [0, 0.1) is 0 Å². The van der Waals surface area contributed by atoms with Crippen molar-refractivity contribution in [1.82, 2.24) is 0 Å². The van der Waals surface area contributed by atoms with E-state index in [1.54, 1.807) is 0 Å². The zero-order valence-electron chi connectivity index (χ0n) is 47.4. The van der Waals surface area contributed by atoms with E-state index in [1.165, 1.54) is 88.8 Å². The lowest BCUT2D eigenvalue weighted by Gasteiger charge is -2.35. The van der Waals surface area contributed by atoms with Crippen LogP contribution >= 0.6 is 0 Å². The molecule has 16 rings (SSSR count). The minimum Gasteiger partial charge on any atom is -0.310 e. The van der Waals surface area contributed by atoms with Crippen molar-refractivity contribution in [3.8, 4) is 33.4 Å². The molecule has 0 bridgehead atoms. The number of hydrogen-bond donors (Lipinski definition) is 0. The van der Waals surface area contributed by atoms with Gasteiger partial charge in [-0.1, -0.05) is 212 Å². The van der Waals surface area contributed by atoms with Crippen molar-refractivity contribution in [3.05, 3.63) is 350 Å². The van der Waals surface area contributed by atoms with Gasteiger partial charge in [0, 0.05) is 80.8 Å². The first kappa shape index (κ1) is 50.5. The molecule has 0 aliphatic carbocycles. The number of rotatable bonds is 11. The number of anilines is 12. The molecule has 2 aliphatic rings. The van der Waals surface area contributed by atoms with Crippen molar-refractivity contribution >= 4 is 89.8 Å². The quantitative estimate of drug-likeness (QED) is 0.128. The Labute approximate surface area is 502 Å². The first-order chi connectivity index (χ1) is 42.6. The fraction of sp³-hybridized carbons (Fsp3) is 0.0244. The van der Waals surface area contributed by atoms with Crippen molar-refractivity contribution in [3.63, 3.8) is 0 Å². The van der Waals surface area contributed by atoms with Crippen molar-refractivity contribution in [1.29, 1.82) is 0 Å². The van der Waals surface area contributed by atoms with Gasteiger partial charge in [-0.15, -0.1) is 0 Å². The van der Waals surface area contributed by atoms with Crippen LogP contribution in [0.3, 0.4) is 0 Å². The Morgan fingerprint density at radius 1 is 0.221 bits per heavy atom. The highest BCUT2D eigenvalue weighted by molar-refractivity contribution is 6.00. The number of fused-ring (bicyclic) bond motifs is 6. The molecule has 0 radical (unpaired) electrons. The van der Waals surface area contributed by atoms with Crippen molar-refractivity contribution in [2.45, 2.75) is 12.8 Å². The van der Waals surface area contributed by atoms with E-state index < -0.39 is 0 Å². The van der Waals surface area contributed by atoms with Gasteiger partial charge in [-0.05, 0) is 187 Å². The smallest absolute Gasteiger partial charge is 0.0540 e. The van der Waals surface area contributed by atoms with E-state index in [0.717, 1.165) is 69.5 Å². The summed E-state index contributed by atoms with van der Waals surface area (Å²) in [6.45, 7) is 0. The second-order valence-electron chi connectivity index (χ2n) is 22.5. The summed E-state index contributed by atoms with van der Waals surface area (Å²) in [4.78, 5) is 9.72. The molecule has 0 spiro atoms. The molecular weight excluding hydrogens is 1040 g/mol. The molecule has 14 aromatic rings. The average Bonchev–Trinajstić information content (AvgIpc) is 2.50. The topological polar surface area (TPSA) is 13.0 Å². The Morgan fingerprint density at radius 3 is 1.14 bits per heavy atom. The SMILES string of the molecule is c1ccc(-c2ccc(N3c4ccccc4Cc4cc(N(c5ccc(-c6ccc(N(c7ccc8c(c7)Cc7ccccc7N8c7ccc(-c8ccccc8)cc7)c7cccc8ccccc78)cc6)cc5)c5ccc6ccccc6c5)ccc43)cc2)cc1. The molecule has 2 aliphatic heterocycles. The Hall–Kier alpha value is -11.2. The van der Waals surface area contributed by atoms with Crippen LogP contribution in [0.1, 0.15) is 22.3 Å². The van der Waals surface area contributed by atoms with E-state index in [4.69, 9.17) is 0 Å². The molecule has 0 unspecified atom stereocenters. The molecule has 0 saturated carbocycles. The lowest BCUT2D eigenvalue weighted by atomic mass is 9.93. The van der Waals surface area contributed by atoms with E-state index in [1.807, 2.05) is 0 Å². The molecule has 14 aromatic carbocycles. The van der Waals surface area contributed by atoms with Crippen LogP contribution in [-0.2, 0) is 12.8 Å². The third-order valence-corrected chi connectivity index (χ3v) is 17.4. The monoisotopic (exact) mass is 1100 g/mol. The second kappa shape index (κ2) is 21.5. The molecule has 86 heavy (non-hydrogen) atoms. The maximum absolute atomic E-state index is 2.44. The lowest BCUT2D eigenvalue weighted by molar-refractivity contribution is 1.08.